The number of amides is 2. The van der Waals surface area contributed by atoms with Crippen LogP contribution < -0.4 is 10.1 Å². The topological polar surface area (TPSA) is 105 Å². The number of rotatable bonds is 8. The number of aromatic nitrogens is 1. The van der Waals surface area contributed by atoms with E-state index in [2.05, 4.69) is 15.5 Å². The van der Waals surface area contributed by atoms with Crippen LogP contribution in [0.5, 0.6) is 11.6 Å². The van der Waals surface area contributed by atoms with E-state index in [1.165, 1.54) is 0 Å². The molecular formula is C23H26N4O4. The third-order valence-electron chi connectivity index (χ3n) is 4.69. The lowest BCUT2D eigenvalue weighted by Gasteiger charge is -2.09. The summed E-state index contributed by atoms with van der Waals surface area (Å²) in [7, 11) is 1.56. The van der Waals surface area contributed by atoms with E-state index in [9.17, 15) is 14.7 Å². The monoisotopic (exact) mass is 422 g/mol. The van der Waals surface area contributed by atoms with E-state index in [4.69, 9.17) is 4.74 Å². The summed E-state index contributed by atoms with van der Waals surface area (Å²) < 4.78 is 7.02. The molecule has 0 aliphatic heterocycles. The molecular weight excluding hydrogens is 396 g/mol. The van der Waals surface area contributed by atoms with Crippen molar-refractivity contribution in [3.8, 4) is 11.6 Å². The summed E-state index contributed by atoms with van der Waals surface area (Å²) in [6, 6.07) is 14.2. The second-order valence-corrected chi connectivity index (χ2v) is 7.53. The standard InChI is InChI=1S/C23H26N4O4/c1-15(2)14-27-19-10-9-17(31-3)13-18(19)21(23(27)30)26-25-20(28)11-12-24-22(29)16-7-5-4-6-8-16/h4-10,13,15,30H,11-12,14H2,1-3H3,(H,24,29). The molecule has 162 valence electrons. The summed E-state index contributed by atoms with van der Waals surface area (Å²) in [5, 5.41) is 21.8. The van der Waals surface area contributed by atoms with E-state index >= 15 is 0 Å². The van der Waals surface area contributed by atoms with Gasteiger partial charge in [0, 0.05) is 30.5 Å². The molecule has 1 heterocycles. The number of benzene rings is 2. The molecule has 0 saturated carbocycles. The summed E-state index contributed by atoms with van der Waals surface area (Å²) in [5.41, 5.74) is 1.52. The second-order valence-electron chi connectivity index (χ2n) is 7.53. The fraction of sp³-hybridized carbons (Fsp3) is 0.304. The Balaban J connectivity index is 1.73. The zero-order chi connectivity index (χ0) is 22.4. The van der Waals surface area contributed by atoms with Gasteiger partial charge in [0.1, 0.15) is 5.75 Å². The largest absolute Gasteiger partial charge is 0.497 e. The molecule has 0 bridgehead atoms. The zero-order valence-corrected chi connectivity index (χ0v) is 17.8. The van der Waals surface area contributed by atoms with Crippen LogP contribution in [0.3, 0.4) is 0 Å². The highest BCUT2D eigenvalue weighted by Gasteiger charge is 2.18. The minimum atomic E-state index is -0.500. The van der Waals surface area contributed by atoms with Gasteiger partial charge in [-0.15, -0.1) is 10.2 Å². The van der Waals surface area contributed by atoms with Crippen molar-refractivity contribution in [3.63, 3.8) is 0 Å². The average molecular weight is 422 g/mol. The molecule has 0 spiro atoms. The molecule has 0 unspecified atom stereocenters. The molecule has 2 amide bonds. The summed E-state index contributed by atoms with van der Waals surface area (Å²) in [6.45, 7) is 4.82. The molecule has 0 aliphatic carbocycles. The van der Waals surface area contributed by atoms with Crippen molar-refractivity contribution in [1.82, 2.24) is 9.88 Å². The predicted molar refractivity (Wildman–Crippen MR) is 118 cm³/mol. The van der Waals surface area contributed by atoms with Gasteiger partial charge in [0.05, 0.1) is 12.6 Å². The Labute approximate surface area is 180 Å². The highest BCUT2D eigenvalue weighted by Crippen LogP contribution is 2.40. The lowest BCUT2D eigenvalue weighted by Crippen LogP contribution is -2.25. The Morgan fingerprint density at radius 2 is 1.90 bits per heavy atom. The van der Waals surface area contributed by atoms with Crippen molar-refractivity contribution in [1.29, 1.82) is 0 Å². The summed E-state index contributed by atoms with van der Waals surface area (Å²) in [5.74, 6) is 0.0991. The van der Waals surface area contributed by atoms with Crippen LogP contribution in [0.15, 0.2) is 58.8 Å². The quantitative estimate of drug-likeness (QED) is 0.524. The molecule has 0 atom stereocenters. The van der Waals surface area contributed by atoms with Crippen molar-refractivity contribution in [2.45, 2.75) is 26.8 Å². The van der Waals surface area contributed by atoms with Gasteiger partial charge in [-0.25, -0.2) is 0 Å². The van der Waals surface area contributed by atoms with Crippen LogP contribution in [0.2, 0.25) is 0 Å². The lowest BCUT2D eigenvalue weighted by molar-refractivity contribution is -0.118. The number of hydrogen-bond donors (Lipinski definition) is 2. The minimum absolute atomic E-state index is 0.00318. The third-order valence-corrected chi connectivity index (χ3v) is 4.69. The van der Waals surface area contributed by atoms with Gasteiger partial charge < -0.3 is 19.7 Å². The van der Waals surface area contributed by atoms with Crippen molar-refractivity contribution in [2.24, 2.45) is 16.1 Å². The fourth-order valence-electron chi connectivity index (χ4n) is 3.21. The number of azo groups is 1. The van der Waals surface area contributed by atoms with Crippen LogP contribution >= 0.6 is 0 Å². The number of hydrogen-bond acceptors (Lipinski definition) is 5. The first-order valence-electron chi connectivity index (χ1n) is 10.1. The average Bonchev–Trinajstić information content (AvgIpc) is 3.02. The molecule has 8 nitrogen and oxygen atoms in total. The van der Waals surface area contributed by atoms with Gasteiger partial charge in [-0.3, -0.25) is 9.59 Å². The molecule has 2 N–H and O–H groups in total. The summed E-state index contributed by atoms with van der Waals surface area (Å²) in [6.07, 6.45) is -0.00318. The fourth-order valence-corrected chi connectivity index (χ4v) is 3.21. The minimum Gasteiger partial charge on any atom is -0.497 e. The van der Waals surface area contributed by atoms with E-state index in [0.717, 1.165) is 5.52 Å². The van der Waals surface area contributed by atoms with Crippen LogP contribution in [0.25, 0.3) is 10.9 Å². The third kappa shape index (κ3) is 5.28. The number of aromatic hydroxyl groups is 1. The van der Waals surface area contributed by atoms with E-state index in [1.807, 2.05) is 26.0 Å². The number of nitrogens with zero attached hydrogens (tertiary/aromatic N) is 3. The molecule has 31 heavy (non-hydrogen) atoms. The Bertz CT molecular complexity index is 1100. The second kappa shape index (κ2) is 9.88. The molecule has 0 saturated heterocycles. The molecule has 0 aliphatic rings. The number of ether oxygens (including phenoxy) is 1. The van der Waals surface area contributed by atoms with Crippen LogP contribution in [0, 0.1) is 5.92 Å². The Kier molecular flexibility index (Phi) is 7.02. The van der Waals surface area contributed by atoms with Gasteiger partial charge in [0.25, 0.3) is 11.8 Å². The maximum Gasteiger partial charge on any atom is 0.266 e. The van der Waals surface area contributed by atoms with Crippen LogP contribution in [0.1, 0.15) is 30.6 Å². The normalized spacial score (nSPS) is 11.4. The van der Waals surface area contributed by atoms with Gasteiger partial charge in [-0.05, 0) is 36.2 Å². The number of methoxy groups -OCH3 is 1. The van der Waals surface area contributed by atoms with Crippen molar-refractivity contribution in [3.05, 3.63) is 54.1 Å². The molecule has 0 fully saturated rings. The number of carbonyl (C=O) groups excluding carboxylic acids is 2. The molecule has 3 rings (SSSR count). The SMILES string of the molecule is COc1ccc2c(c1)c(N=NC(=O)CCNC(=O)c1ccccc1)c(O)n2CC(C)C. The van der Waals surface area contributed by atoms with Gasteiger partial charge in [0.15, 0.2) is 5.69 Å². The number of fused-ring (bicyclic) bond motifs is 1. The van der Waals surface area contributed by atoms with Gasteiger partial charge in [-0.1, -0.05) is 32.0 Å². The maximum atomic E-state index is 12.2. The predicted octanol–water partition coefficient (Wildman–Crippen LogP) is 4.44. The van der Waals surface area contributed by atoms with Crippen LogP contribution in [0.4, 0.5) is 5.69 Å². The molecule has 1 aromatic heterocycles. The summed E-state index contributed by atoms with van der Waals surface area (Å²) >= 11 is 0. The Morgan fingerprint density at radius 1 is 1.16 bits per heavy atom. The van der Waals surface area contributed by atoms with Gasteiger partial charge in [-0.2, -0.15) is 0 Å². The van der Waals surface area contributed by atoms with E-state index < -0.39 is 5.91 Å². The first kappa shape index (κ1) is 22.0. The maximum absolute atomic E-state index is 12.2. The van der Waals surface area contributed by atoms with Crippen molar-refractivity contribution >= 4 is 28.4 Å². The van der Waals surface area contributed by atoms with Gasteiger partial charge >= 0.3 is 0 Å². The Morgan fingerprint density at radius 3 is 2.58 bits per heavy atom. The van der Waals surface area contributed by atoms with Crippen molar-refractivity contribution < 1.29 is 19.4 Å². The van der Waals surface area contributed by atoms with E-state index in [0.29, 0.717) is 29.2 Å². The van der Waals surface area contributed by atoms with E-state index in [1.54, 1.807) is 48.1 Å². The molecule has 2 aromatic carbocycles. The zero-order valence-electron chi connectivity index (χ0n) is 17.8. The van der Waals surface area contributed by atoms with E-state index in [-0.39, 0.29) is 30.4 Å². The first-order valence-corrected chi connectivity index (χ1v) is 10.1. The van der Waals surface area contributed by atoms with Crippen LogP contribution in [-0.2, 0) is 11.3 Å². The number of nitrogens with one attached hydrogen (secondary N) is 1. The molecule has 8 heteroatoms. The molecule has 0 radical (unpaired) electrons. The lowest BCUT2D eigenvalue weighted by atomic mass is 10.2. The summed E-state index contributed by atoms with van der Waals surface area (Å²) in [4.78, 5) is 24.2. The van der Waals surface area contributed by atoms with Crippen molar-refractivity contribution in [2.75, 3.05) is 13.7 Å². The first-order chi connectivity index (χ1) is 14.9. The Hall–Kier alpha value is -3.68. The number of carbonyl (C=O) groups is 2. The molecule has 3 aromatic rings. The highest BCUT2D eigenvalue weighted by molar-refractivity contribution is 5.96. The van der Waals surface area contributed by atoms with Gasteiger partial charge in [0.2, 0.25) is 5.88 Å². The highest BCUT2D eigenvalue weighted by atomic mass is 16.5. The van der Waals surface area contributed by atoms with Crippen LogP contribution in [-0.4, -0.2) is 35.1 Å². The smallest absolute Gasteiger partial charge is 0.266 e.